The molecule has 4 nitrogen and oxygen atoms in total. The molecule has 0 saturated carbocycles. The topological polar surface area (TPSA) is 31.2 Å². The summed E-state index contributed by atoms with van der Waals surface area (Å²) in [5.41, 5.74) is 0. The molecule has 1 rings (SSSR count). The molecule has 0 spiro atoms. The van der Waals surface area contributed by atoms with Crippen LogP contribution in [0.4, 0.5) is 0 Å². The second-order valence-electron chi connectivity index (χ2n) is 1.99. The molecule has 1 heterocycles. The lowest BCUT2D eigenvalue weighted by Crippen LogP contribution is -2.37. The Morgan fingerprint density at radius 1 is 1.56 bits per heavy atom. The van der Waals surface area contributed by atoms with Gasteiger partial charge in [0, 0.05) is 14.1 Å². The van der Waals surface area contributed by atoms with Crippen LogP contribution in [0.5, 0.6) is 0 Å². The summed E-state index contributed by atoms with van der Waals surface area (Å²) in [4.78, 5) is 7.79. The van der Waals surface area contributed by atoms with Crippen molar-refractivity contribution in [3.63, 3.8) is 0 Å². The van der Waals surface area contributed by atoms with Crippen molar-refractivity contribution in [3.05, 3.63) is 0 Å². The fourth-order valence-corrected chi connectivity index (χ4v) is 0.540. The molecule has 0 amide bonds. The molecule has 0 aromatic carbocycles. The Labute approximate surface area is 54.5 Å². The van der Waals surface area contributed by atoms with Gasteiger partial charge in [-0.15, -0.1) is 0 Å². The molecular weight excluding hydrogens is 116 g/mol. The van der Waals surface area contributed by atoms with Gasteiger partial charge in [-0.25, -0.2) is 10.0 Å². The predicted octanol–water partition coefficient (Wildman–Crippen LogP) is -0.207. The lowest BCUT2D eigenvalue weighted by atomic mass is 10.8. The number of rotatable bonds is 1. The SMILES string of the molecule is CN(C)N1C=NC=NC1. The molecule has 0 aromatic rings. The molecule has 0 atom stereocenters. The van der Waals surface area contributed by atoms with Crippen LogP contribution < -0.4 is 0 Å². The van der Waals surface area contributed by atoms with Crippen molar-refractivity contribution in [2.45, 2.75) is 0 Å². The highest BCUT2D eigenvalue weighted by Crippen LogP contribution is 1.90. The van der Waals surface area contributed by atoms with Crippen LogP contribution in [0.2, 0.25) is 0 Å². The Balaban J connectivity index is 2.46. The smallest absolute Gasteiger partial charge is 0.127 e. The van der Waals surface area contributed by atoms with Gasteiger partial charge in [-0.05, 0) is 0 Å². The summed E-state index contributed by atoms with van der Waals surface area (Å²) in [7, 11) is 3.90. The first-order valence-electron chi connectivity index (χ1n) is 2.76. The van der Waals surface area contributed by atoms with Crippen LogP contribution in [-0.2, 0) is 0 Å². The highest BCUT2D eigenvalue weighted by Gasteiger charge is 2.00. The summed E-state index contributed by atoms with van der Waals surface area (Å²) in [6.07, 6.45) is 3.30. The minimum absolute atomic E-state index is 0.677. The van der Waals surface area contributed by atoms with E-state index in [2.05, 4.69) is 9.98 Å². The van der Waals surface area contributed by atoms with E-state index in [9.17, 15) is 0 Å². The maximum Gasteiger partial charge on any atom is 0.127 e. The molecule has 1 aliphatic heterocycles. The Morgan fingerprint density at radius 3 is 2.67 bits per heavy atom. The Hall–Kier alpha value is -0.900. The van der Waals surface area contributed by atoms with E-state index >= 15 is 0 Å². The maximum atomic E-state index is 3.94. The average Bonchev–Trinajstić information content (AvgIpc) is 1.90. The largest absolute Gasteiger partial charge is 0.274 e. The summed E-state index contributed by atoms with van der Waals surface area (Å²) >= 11 is 0. The quantitative estimate of drug-likeness (QED) is 0.487. The van der Waals surface area contributed by atoms with Gasteiger partial charge >= 0.3 is 0 Å². The number of nitrogens with zero attached hydrogens (tertiary/aromatic N) is 4. The van der Waals surface area contributed by atoms with Gasteiger partial charge in [0.1, 0.15) is 19.3 Å². The Kier molecular flexibility index (Phi) is 1.79. The molecule has 9 heavy (non-hydrogen) atoms. The maximum absolute atomic E-state index is 3.94. The highest BCUT2D eigenvalue weighted by atomic mass is 15.6. The zero-order chi connectivity index (χ0) is 6.69. The molecule has 4 heteroatoms. The summed E-state index contributed by atoms with van der Waals surface area (Å²) in [6.45, 7) is 0.677. The van der Waals surface area contributed by atoms with E-state index in [0.717, 1.165) is 0 Å². The molecule has 0 aliphatic carbocycles. The third kappa shape index (κ3) is 1.50. The lowest BCUT2D eigenvalue weighted by molar-refractivity contribution is 0.120. The van der Waals surface area contributed by atoms with Crippen molar-refractivity contribution in [1.82, 2.24) is 10.0 Å². The molecule has 1 aliphatic rings. The van der Waals surface area contributed by atoms with Crippen LogP contribution in [0.25, 0.3) is 0 Å². The zero-order valence-electron chi connectivity index (χ0n) is 5.65. The third-order valence-corrected chi connectivity index (χ3v) is 1.09. The van der Waals surface area contributed by atoms with E-state index in [1.54, 1.807) is 12.7 Å². The summed E-state index contributed by atoms with van der Waals surface area (Å²) in [5, 5.41) is 3.83. The molecule has 0 aromatic heterocycles. The molecule has 50 valence electrons. The van der Waals surface area contributed by atoms with E-state index < -0.39 is 0 Å². The van der Waals surface area contributed by atoms with Crippen LogP contribution >= 0.6 is 0 Å². The summed E-state index contributed by atoms with van der Waals surface area (Å²) in [6, 6.07) is 0. The van der Waals surface area contributed by atoms with Gasteiger partial charge in [-0.1, -0.05) is 0 Å². The van der Waals surface area contributed by atoms with Gasteiger partial charge in [-0.2, -0.15) is 0 Å². The van der Waals surface area contributed by atoms with E-state index in [-0.39, 0.29) is 0 Å². The number of hydrogen-bond acceptors (Lipinski definition) is 4. The lowest BCUT2D eigenvalue weighted by Gasteiger charge is -2.25. The second kappa shape index (κ2) is 2.59. The van der Waals surface area contributed by atoms with E-state index in [0.29, 0.717) is 6.67 Å². The zero-order valence-corrected chi connectivity index (χ0v) is 5.65. The van der Waals surface area contributed by atoms with Gasteiger partial charge in [0.2, 0.25) is 0 Å². The van der Waals surface area contributed by atoms with E-state index in [4.69, 9.17) is 0 Å². The van der Waals surface area contributed by atoms with Crippen LogP contribution in [-0.4, -0.2) is 43.5 Å². The number of aliphatic imine (C=N–C) groups is 2. The summed E-state index contributed by atoms with van der Waals surface area (Å²) < 4.78 is 0. The molecule has 0 unspecified atom stereocenters. The Morgan fingerprint density at radius 2 is 2.33 bits per heavy atom. The van der Waals surface area contributed by atoms with Crippen molar-refractivity contribution in [1.29, 1.82) is 0 Å². The number of hydrazine groups is 1. The van der Waals surface area contributed by atoms with Crippen LogP contribution in [0, 0.1) is 0 Å². The third-order valence-electron chi connectivity index (χ3n) is 1.09. The van der Waals surface area contributed by atoms with Crippen molar-refractivity contribution in [2.24, 2.45) is 9.98 Å². The fraction of sp³-hybridized carbons (Fsp3) is 0.600. The predicted molar refractivity (Wildman–Crippen MR) is 37.4 cm³/mol. The fourth-order valence-electron chi connectivity index (χ4n) is 0.540. The minimum atomic E-state index is 0.677. The van der Waals surface area contributed by atoms with E-state index in [1.165, 1.54) is 0 Å². The van der Waals surface area contributed by atoms with Crippen LogP contribution in [0.15, 0.2) is 9.98 Å². The van der Waals surface area contributed by atoms with Crippen molar-refractivity contribution >= 4 is 12.7 Å². The van der Waals surface area contributed by atoms with Gasteiger partial charge in [-0.3, -0.25) is 10.0 Å². The summed E-state index contributed by atoms with van der Waals surface area (Å²) in [5.74, 6) is 0. The van der Waals surface area contributed by atoms with Gasteiger partial charge in [0.15, 0.2) is 0 Å². The van der Waals surface area contributed by atoms with Crippen molar-refractivity contribution < 1.29 is 0 Å². The first-order chi connectivity index (χ1) is 4.30. The molecule has 0 radical (unpaired) electrons. The normalized spacial score (nSPS) is 17.4. The molecule has 0 N–H and O–H groups in total. The monoisotopic (exact) mass is 126 g/mol. The van der Waals surface area contributed by atoms with Crippen molar-refractivity contribution in [3.8, 4) is 0 Å². The number of hydrogen-bond donors (Lipinski definition) is 0. The highest BCUT2D eigenvalue weighted by molar-refractivity contribution is 5.72. The van der Waals surface area contributed by atoms with Crippen LogP contribution in [0.3, 0.4) is 0 Å². The van der Waals surface area contributed by atoms with Gasteiger partial charge in [0.05, 0.1) is 0 Å². The van der Waals surface area contributed by atoms with Gasteiger partial charge < -0.3 is 0 Å². The first kappa shape index (κ1) is 6.22. The van der Waals surface area contributed by atoms with Crippen molar-refractivity contribution in [2.75, 3.05) is 20.8 Å². The van der Waals surface area contributed by atoms with E-state index in [1.807, 2.05) is 24.1 Å². The molecule has 0 fully saturated rings. The van der Waals surface area contributed by atoms with Crippen LogP contribution in [0.1, 0.15) is 0 Å². The average molecular weight is 126 g/mol. The first-order valence-corrected chi connectivity index (χ1v) is 2.76. The minimum Gasteiger partial charge on any atom is -0.274 e. The Bertz CT molecular complexity index is 138. The second-order valence-corrected chi connectivity index (χ2v) is 1.99. The molecule has 0 bridgehead atoms. The van der Waals surface area contributed by atoms with Gasteiger partial charge in [0.25, 0.3) is 0 Å². The standard InChI is InChI=1S/C5H10N4/c1-8(2)9-4-6-3-7-5-9/h3-4H,5H2,1-2H3. The molecule has 0 saturated heterocycles. The molecular formula is C5H10N4.